The highest BCUT2D eigenvalue weighted by molar-refractivity contribution is 5.97. The standard InChI is InChI=1S/C21H19NO5/c1-4-27-21(25)17-12-16(20(24)26-3)13(2)22(19(17)23)18-11-7-9-14-8-5-6-10-15(14)18/h5-12H,4H2,1-3H3. The summed E-state index contributed by atoms with van der Waals surface area (Å²) >= 11 is 0. The lowest BCUT2D eigenvalue weighted by Gasteiger charge is -2.17. The fourth-order valence-corrected chi connectivity index (χ4v) is 3.07. The quantitative estimate of drug-likeness (QED) is 0.664. The number of nitrogens with zero attached hydrogens (tertiary/aromatic N) is 1. The molecule has 0 bridgehead atoms. The van der Waals surface area contributed by atoms with Gasteiger partial charge in [0.1, 0.15) is 5.56 Å². The summed E-state index contributed by atoms with van der Waals surface area (Å²) in [6.45, 7) is 3.41. The van der Waals surface area contributed by atoms with Gasteiger partial charge in [-0.1, -0.05) is 36.4 Å². The van der Waals surface area contributed by atoms with Gasteiger partial charge in [0.05, 0.1) is 25.0 Å². The number of carbonyl (C=O) groups is 2. The Balaban J connectivity index is 2.40. The first-order valence-corrected chi connectivity index (χ1v) is 8.49. The highest BCUT2D eigenvalue weighted by atomic mass is 16.5. The van der Waals surface area contributed by atoms with Gasteiger partial charge in [-0.2, -0.15) is 0 Å². The first-order valence-electron chi connectivity index (χ1n) is 8.49. The van der Waals surface area contributed by atoms with Gasteiger partial charge in [0.25, 0.3) is 5.56 Å². The van der Waals surface area contributed by atoms with Crippen molar-refractivity contribution in [2.45, 2.75) is 13.8 Å². The first-order chi connectivity index (χ1) is 13.0. The van der Waals surface area contributed by atoms with Crippen molar-refractivity contribution in [2.75, 3.05) is 13.7 Å². The number of pyridine rings is 1. The normalized spacial score (nSPS) is 10.6. The highest BCUT2D eigenvalue weighted by Gasteiger charge is 2.23. The van der Waals surface area contributed by atoms with Crippen LogP contribution in [0.4, 0.5) is 0 Å². The van der Waals surface area contributed by atoms with Crippen molar-refractivity contribution in [3.8, 4) is 5.69 Å². The van der Waals surface area contributed by atoms with Crippen molar-refractivity contribution < 1.29 is 19.1 Å². The minimum Gasteiger partial charge on any atom is -0.465 e. The van der Waals surface area contributed by atoms with Crippen LogP contribution in [0.5, 0.6) is 0 Å². The molecule has 0 aliphatic heterocycles. The Morgan fingerprint density at radius 1 is 1.00 bits per heavy atom. The van der Waals surface area contributed by atoms with E-state index < -0.39 is 17.5 Å². The Morgan fingerprint density at radius 2 is 1.70 bits per heavy atom. The van der Waals surface area contributed by atoms with Crippen LogP contribution in [-0.2, 0) is 9.47 Å². The summed E-state index contributed by atoms with van der Waals surface area (Å²) in [5.74, 6) is -1.41. The fraction of sp³-hybridized carbons (Fsp3) is 0.190. The molecule has 0 radical (unpaired) electrons. The van der Waals surface area contributed by atoms with Crippen LogP contribution in [0.25, 0.3) is 16.5 Å². The van der Waals surface area contributed by atoms with Crippen molar-refractivity contribution in [3.05, 3.63) is 75.7 Å². The molecule has 0 amide bonds. The molecule has 1 aromatic heterocycles. The Kier molecular flexibility index (Phi) is 5.07. The molecule has 0 spiro atoms. The minimum atomic E-state index is -0.776. The van der Waals surface area contributed by atoms with E-state index in [1.807, 2.05) is 36.4 Å². The van der Waals surface area contributed by atoms with Gasteiger partial charge < -0.3 is 9.47 Å². The number of rotatable bonds is 4. The molecule has 1 heterocycles. The van der Waals surface area contributed by atoms with Gasteiger partial charge >= 0.3 is 11.9 Å². The molecule has 0 atom stereocenters. The second-order valence-corrected chi connectivity index (χ2v) is 5.91. The van der Waals surface area contributed by atoms with E-state index in [9.17, 15) is 14.4 Å². The Hall–Kier alpha value is -3.41. The number of fused-ring (bicyclic) bond motifs is 1. The van der Waals surface area contributed by atoms with Crippen LogP contribution >= 0.6 is 0 Å². The van der Waals surface area contributed by atoms with Gasteiger partial charge in [-0.25, -0.2) is 9.59 Å². The van der Waals surface area contributed by atoms with Crippen LogP contribution < -0.4 is 5.56 Å². The SMILES string of the molecule is CCOC(=O)c1cc(C(=O)OC)c(C)n(-c2cccc3ccccc23)c1=O. The van der Waals surface area contributed by atoms with Gasteiger partial charge in [0.2, 0.25) is 0 Å². The summed E-state index contributed by atoms with van der Waals surface area (Å²) in [5, 5.41) is 1.75. The van der Waals surface area contributed by atoms with Gasteiger partial charge in [-0.05, 0) is 31.4 Å². The molecule has 0 aliphatic rings. The molecule has 138 valence electrons. The monoisotopic (exact) mass is 365 g/mol. The molecule has 0 aliphatic carbocycles. The molecule has 0 saturated heterocycles. The smallest absolute Gasteiger partial charge is 0.343 e. The molecule has 6 nitrogen and oxygen atoms in total. The summed E-state index contributed by atoms with van der Waals surface area (Å²) in [6, 6.07) is 14.3. The lowest BCUT2D eigenvalue weighted by Crippen LogP contribution is -2.30. The zero-order valence-electron chi connectivity index (χ0n) is 15.3. The number of hydrogen-bond acceptors (Lipinski definition) is 5. The summed E-state index contributed by atoms with van der Waals surface area (Å²) < 4.78 is 11.2. The van der Waals surface area contributed by atoms with Crippen LogP contribution in [0.1, 0.15) is 33.3 Å². The predicted molar refractivity (Wildman–Crippen MR) is 102 cm³/mol. The molecule has 3 aromatic rings. The molecule has 0 unspecified atom stereocenters. The fourth-order valence-electron chi connectivity index (χ4n) is 3.07. The summed E-state index contributed by atoms with van der Waals surface area (Å²) in [5.41, 5.74) is 0.335. The van der Waals surface area contributed by atoms with E-state index in [1.54, 1.807) is 19.9 Å². The predicted octanol–water partition coefficient (Wildman–Crippen LogP) is 3.26. The molecule has 0 fully saturated rings. The molecule has 6 heteroatoms. The van der Waals surface area contributed by atoms with Crippen LogP contribution in [-0.4, -0.2) is 30.2 Å². The van der Waals surface area contributed by atoms with Gasteiger partial charge in [0.15, 0.2) is 0 Å². The average Bonchev–Trinajstić information content (AvgIpc) is 2.68. The van der Waals surface area contributed by atoms with Crippen LogP contribution in [0.3, 0.4) is 0 Å². The molecule has 0 N–H and O–H groups in total. The van der Waals surface area contributed by atoms with E-state index >= 15 is 0 Å². The number of aromatic nitrogens is 1. The van der Waals surface area contributed by atoms with Crippen LogP contribution in [0, 0.1) is 6.92 Å². The number of ether oxygens (including phenoxy) is 2. The third-order valence-electron chi connectivity index (χ3n) is 4.36. The zero-order chi connectivity index (χ0) is 19.6. The maximum absolute atomic E-state index is 13.1. The lowest BCUT2D eigenvalue weighted by molar-refractivity contribution is 0.0523. The maximum atomic E-state index is 13.1. The largest absolute Gasteiger partial charge is 0.465 e. The Labute approximate surface area is 156 Å². The molecule has 0 saturated carbocycles. The summed E-state index contributed by atoms with van der Waals surface area (Å²) in [4.78, 5) is 37.7. The lowest BCUT2D eigenvalue weighted by atomic mass is 10.1. The molecular weight excluding hydrogens is 346 g/mol. The van der Waals surface area contributed by atoms with Crippen molar-refractivity contribution in [1.82, 2.24) is 4.57 Å². The van der Waals surface area contributed by atoms with Crippen molar-refractivity contribution in [2.24, 2.45) is 0 Å². The van der Waals surface area contributed by atoms with Gasteiger partial charge in [-0.3, -0.25) is 9.36 Å². The van der Waals surface area contributed by atoms with E-state index in [-0.39, 0.29) is 17.7 Å². The van der Waals surface area contributed by atoms with Crippen molar-refractivity contribution >= 4 is 22.7 Å². The molecule has 2 aromatic carbocycles. The van der Waals surface area contributed by atoms with Gasteiger partial charge in [-0.15, -0.1) is 0 Å². The van der Waals surface area contributed by atoms with E-state index in [4.69, 9.17) is 9.47 Å². The van der Waals surface area contributed by atoms with Gasteiger partial charge in [0, 0.05) is 11.1 Å². The summed E-state index contributed by atoms with van der Waals surface area (Å²) in [7, 11) is 1.25. The average molecular weight is 365 g/mol. The number of carbonyl (C=O) groups excluding carboxylic acids is 2. The molecule has 3 rings (SSSR count). The second kappa shape index (κ2) is 7.45. The number of hydrogen-bond donors (Lipinski definition) is 0. The third-order valence-corrected chi connectivity index (χ3v) is 4.36. The zero-order valence-corrected chi connectivity index (χ0v) is 15.3. The van der Waals surface area contributed by atoms with Crippen LogP contribution in [0.15, 0.2) is 53.3 Å². The van der Waals surface area contributed by atoms with E-state index in [1.165, 1.54) is 17.7 Å². The van der Waals surface area contributed by atoms with Crippen molar-refractivity contribution in [3.63, 3.8) is 0 Å². The highest BCUT2D eigenvalue weighted by Crippen LogP contribution is 2.24. The number of methoxy groups -OCH3 is 1. The summed E-state index contributed by atoms with van der Waals surface area (Å²) in [6.07, 6.45) is 0. The van der Waals surface area contributed by atoms with E-state index in [0.717, 1.165) is 10.8 Å². The number of benzene rings is 2. The van der Waals surface area contributed by atoms with Crippen molar-refractivity contribution in [1.29, 1.82) is 0 Å². The van der Waals surface area contributed by atoms with E-state index in [0.29, 0.717) is 11.4 Å². The third kappa shape index (κ3) is 3.21. The molecule has 27 heavy (non-hydrogen) atoms. The first kappa shape index (κ1) is 18.4. The number of esters is 2. The van der Waals surface area contributed by atoms with E-state index in [2.05, 4.69) is 0 Å². The van der Waals surface area contributed by atoms with Crippen LogP contribution in [0.2, 0.25) is 0 Å². The second-order valence-electron chi connectivity index (χ2n) is 5.91. The Bertz CT molecular complexity index is 1090. The Morgan fingerprint density at radius 3 is 2.41 bits per heavy atom. The molecular formula is C21H19NO5. The maximum Gasteiger partial charge on any atom is 0.343 e. The topological polar surface area (TPSA) is 74.6 Å². The minimum absolute atomic E-state index is 0.119.